The minimum Gasteiger partial charge on any atom is -0.462 e. The van der Waals surface area contributed by atoms with Crippen LogP contribution in [-0.4, -0.2) is 30.1 Å². The molecule has 1 unspecified atom stereocenters. The molecule has 1 fully saturated rings. The van der Waals surface area contributed by atoms with Crippen LogP contribution in [0.15, 0.2) is 65.1 Å². The Labute approximate surface area is 209 Å². The summed E-state index contributed by atoms with van der Waals surface area (Å²) in [5.74, 6) is -4.47. The average Bonchev–Trinajstić information content (AvgIpc) is 3.38. The van der Waals surface area contributed by atoms with Gasteiger partial charge in [0.2, 0.25) is 0 Å². The molecule has 1 aliphatic heterocycles. The number of halogens is 2. The van der Waals surface area contributed by atoms with Gasteiger partial charge in [-0.05, 0) is 50.8 Å². The number of nitrogens with one attached hydrogen (secondary N) is 1. The maximum Gasteiger partial charge on any atom is 0.336 e. The molecule has 0 radical (unpaired) electrons. The summed E-state index contributed by atoms with van der Waals surface area (Å²) in [6, 6.07) is 9.16. The van der Waals surface area contributed by atoms with Gasteiger partial charge >= 0.3 is 11.9 Å². The van der Waals surface area contributed by atoms with Crippen molar-refractivity contribution in [3.8, 4) is 0 Å². The number of dihydropyridines is 1. The summed E-state index contributed by atoms with van der Waals surface area (Å²) < 4.78 is 40.5. The van der Waals surface area contributed by atoms with Gasteiger partial charge in [0.15, 0.2) is 11.6 Å². The Morgan fingerprint density at radius 1 is 0.972 bits per heavy atom. The molecule has 1 aliphatic carbocycles. The number of allylic oxidation sites excluding steroid dienone is 2. The molecular weight excluding hydrogens is 466 g/mol. The normalized spacial score (nSPS) is 18.3. The molecule has 1 aromatic carbocycles. The second kappa shape index (κ2) is 11.5. The molecule has 36 heavy (non-hydrogen) atoms. The van der Waals surface area contributed by atoms with Crippen molar-refractivity contribution in [3.63, 3.8) is 0 Å². The van der Waals surface area contributed by atoms with E-state index in [2.05, 4.69) is 10.3 Å². The number of aromatic nitrogens is 1. The third kappa shape index (κ3) is 5.64. The fourth-order valence-electron chi connectivity index (χ4n) is 4.91. The first-order valence-corrected chi connectivity index (χ1v) is 12.2. The summed E-state index contributed by atoms with van der Waals surface area (Å²) in [7, 11) is 0. The smallest absolute Gasteiger partial charge is 0.336 e. The third-order valence-corrected chi connectivity index (χ3v) is 6.74. The highest BCUT2D eigenvalue weighted by Crippen LogP contribution is 2.41. The van der Waals surface area contributed by atoms with E-state index in [9.17, 15) is 14.0 Å². The largest absolute Gasteiger partial charge is 0.462 e. The van der Waals surface area contributed by atoms with Crippen molar-refractivity contribution in [2.75, 3.05) is 13.2 Å². The molecule has 0 spiro atoms. The van der Waals surface area contributed by atoms with Gasteiger partial charge in [0.05, 0.1) is 30.3 Å². The van der Waals surface area contributed by atoms with Crippen LogP contribution in [0.25, 0.3) is 0 Å². The number of pyridine rings is 1. The monoisotopic (exact) mass is 496 g/mol. The summed E-state index contributed by atoms with van der Waals surface area (Å²) in [5, 5.41) is 3.04. The number of esters is 2. The van der Waals surface area contributed by atoms with Crippen molar-refractivity contribution in [3.05, 3.63) is 88.0 Å². The van der Waals surface area contributed by atoms with Crippen molar-refractivity contribution in [1.82, 2.24) is 10.3 Å². The molecule has 6 nitrogen and oxygen atoms in total. The van der Waals surface area contributed by atoms with Crippen LogP contribution in [0.3, 0.4) is 0 Å². The molecule has 8 heteroatoms. The fourth-order valence-corrected chi connectivity index (χ4v) is 4.91. The quantitative estimate of drug-likeness (QED) is 0.512. The highest BCUT2D eigenvalue weighted by Gasteiger charge is 2.40. The molecule has 2 heterocycles. The number of benzene rings is 1. The first kappa shape index (κ1) is 25.5. The lowest BCUT2D eigenvalue weighted by molar-refractivity contribution is -0.141. The Morgan fingerprint density at radius 2 is 1.67 bits per heavy atom. The summed E-state index contributed by atoms with van der Waals surface area (Å²) in [4.78, 5) is 30.8. The maximum atomic E-state index is 15.1. The van der Waals surface area contributed by atoms with Gasteiger partial charge in [-0.1, -0.05) is 31.0 Å². The Hall–Kier alpha value is -3.55. The molecule has 2 aliphatic rings. The second-order valence-electron chi connectivity index (χ2n) is 9.23. The molecular formula is C28H30F2N2O4. The Bertz CT molecular complexity index is 1190. The van der Waals surface area contributed by atoms with Gasteiger partial charge in [-0.3, -0.25) is 4.98 Å². The van der Waals surface area contributed by atoms with Gasteiger partial charge in [-0.25, -0.2) is 18.4 Å². The van der Waals surface area contributed by atoms with Crippen molar-refractivity contribution >= 4 is 11.9 Å². The van der Waals surface area contributed by atoms with Gasteiger partial charge < -0.3 is 14.8 Å². The Kier molecular flexibility index (Phi) is 8.13. The molecule has 190 valence electrons. The topological polar surface area (TPSA) is 77.5 Å². The van der Waals surface area contributed by atoms with Crippen LogP contribution < -0.4 is 5.32 Å². The van der Waals surface area contributed by atoms with Crippen molar-refractivity contribution in [1.29, 1.82) is 0 Å². The van der Waals surface area contributed by atoms with Crippen molar-refractivity contribution in [2.24, 2.45) is 5.92 Å². The lowest BCUT2D eigenvalue weighted by atomic mass is 9.80. The van der Waals surface area contributed by atoms with Crippen LogP contribution in [0.1, 0.15) is 56.7 Å². The van der Waals surface area contributed by atoms with Crippen LogP contribution in [0.5, 0.6) is 0 Å². The molecule has 2 aromatic rings. The van der Waals surface area contributed by atoms with Gasteiger partial charge in [0, 0.05) is 35.3 Å². The SMILES string of the molecule is CC1=C(C(=O)OCCc2ccccn2)C(c2cccc(F)c2F)C(C(=O)OCC2CCCC2)=C(C)N1. The molecule has 0 amide bonds. The fraction of sp³-hybridized carbons (Fsp3) is 0.393. The summed E-state index contributed by atoms with van der Waals surface area (Å²) in [6.07, 6.45) is 6.19. The standard InChI is InChI=1S/C28H30F2N2O4/c1-17-23(27(33)35-15-13-20-10-5-6-14-31-20)25(21-11-7-12-22(29)26(21)30)24(18(2)32-17)28(34)36-16-19-8-3-4-9-19/h5-7,10-12,14,19,25,32H,3-4,8-9,13,15-16H2,1-2H3. The van der Waals surface area contributed by atoms with Gasteiger partial charge in [-0.15, -0.1) is 0 Å². The van der Waals surface area contributed by atoms with Gasteiger partial charge in [0.1, 0.15) is 0 Å². The van der Waals surface area contributed by atoms with Crippen LogP contribution in [0.2, 0.25) is 0 Å². The predicted molar refractivity (Wildman–Crippen MR) is 129 cm³/mol. The number of hydrogen-bond donors (Lipinski definition) is 1. The van der Waals surface area contributed by atoms with E-state index in [0.717, 1.165) is 37.4 Å². The Balaban J connectivity index is 1.63. The summed E-state index contributed by atoms with van der Waals surface area (Å²) in [5.41, 5.74) is 1.55. The van der Waals surface area contributed by atoms with Crippen molar-refractivity contribution < 1.29 is 27.8 Å². The van der Waals surface area contributed by atoms with E-state index in [4.69, 9.17) is 9.47 Å². The van der Waals surface area contributed by atoms with Crippen molar-refractivity contribution in [2.45, 2.75) is 51.9 Å². The van der Waals surface area contributed by atoms with Crippen LogP contribution >= 0.6 is 0 Å². The molecule has 1 aromatic heterocycles. The lowest BCUT2D eigenvalue weighted by Crippen LogP contribution is -2.33. The second-order valence-corrected chi connectivity index (χ2v) is 9.23. The van der Waals surface area contributed by atoms with E-state index >= 15 is 4.39 Å². The van der Waals surface area contributed by atoms with E-state index < -0.39 is 29.5 Å². The zero-order valence-corrected chi connectivity index (χ0v) is 20.5. The van der Waals surface area contributed by atoms with Gasteiger partial charge in [0.25, 0.3) is 0 Å². The van der Waals surface area contributed by atoms with Crippen LogP contribution in [0.4, 0.5) is 8.78 Å². The highest BCUT2D eigenvalue weighted by atomic mass is 19.2. The average molecular weight is 497 g/mol. The van der Waals surface area contributed by atoms with Gasteiger partial charge in [-0.2, -0.15) is 0 Å². The van der Waals surface area contributed by atoms with Crippen LogP contribution in [0, 0.1) is 17.6 Å². The van der Waals surface area contributed by atoms with Crippen LogP contribution in [-0.2, 0) is 25.5 Å². The molecule has 1 atom stereocenters. The number of ether oxygens (including phenoxy) is 2. The summed E-state index contributed by atoms with van der Waals surface area (Å²) in [6.45, 7) is 3.59. The lowest BCUT2D eigenvalue weighted by Gasteiger charge is -2.31. The van der Waals surface area contributed by atoms with E-state index in [1.807, 2.05) is 12.1 Å². The number of carbonyl (C=O) groups is 2. The number of carbonyl (C=O) groups excluding carboxylic acids is 2. The molecule has 4 rings (SSSR count). The minimum absolute atomic E-state index is 0.0368. The maximum absolute atomic E-state index is 15.1. The van der Waals surface area contributed by atoms with E-state index in [-0.39, 0.29) is 35.8 Å². The minimum atomic E-state index is -1.18. The van der Waals surface area contributed by atoms with E-state index in [1.165, 1.54) is 12.1 Å². The van der Waals surface area contributed by atoms with E-state index in [1.54, 1.807) is 26.1 Å². The third-order valence-electron chi connectivity index (χ3n) is 6.74. The predicted octanol–water partition coefficient (Wildman–Crippen LogP) is 5.11. The molecule has 0 bridgehead atoms. The zero-order valence-electron chi connectivity index (χ0n) is 20.5. The number of hydrogen-bond acceptors (Lipinski definition) is 6. The first-order chi connectivity index (χ1) is 17.4. The summed E-state index contributed by atoms with van der Waals surface area (Å²) >= 11 is 0. The molecule has 1 N–H and O–H groups in total. The zero-order chi connectivity index (χ0) is 25.7. The number of rotatable bonds is 8. The Morgan fingerprint density at radius 3 is 2.33 bits per heavy atom. The molecule has 1 saturated carbocycles. The highest BCUT2D eigenvalue weighted by molar-refractivity contribution is 5.99. The molecule has 0 saturated heterocycles. The number of nitrogens with zero attached hydrogens (tertiary/aromatic N) is 1. The first-order valence-electron chi connectivity index (χ1n) is 12.2. The van der Waals surface area contributed by atoms with E-state index in [0.29, 0.717) is 17.8 Å².